The molecule has 0 saturated carbocycles. The lowest BCUT2D eigenvalue weighted by Gasteiger charge is -2.10. The van der Waals surface area contributed by atoms with Gasteiger partial charge < -0.3 is 14.6 Å². The van der Waals surface area contributed by atoms with E-state index in [2.05, 4.69) is 6.92 Å². The number of Topliss-reactive ketones (excluding diaryl/α,β-unsaturated/α-hetero) is 4. The lowest BCUT2D eigenvalue weighted by Crippen LogP contribution is -2.09. The molecule has 53 heavy (non-hydrogen) atoms. The Kier molecular flexibility index (Phi) is 11.3. The summed E-state index contributed by atoms with van der Waals surface area (Å²) in [5.41, 5.74) is 4.65. The van der Waals surface area contributed by atoms with Crippen molar-refractivity contribution >= 4 is 23.1 Å². The van der Waals surface area contributed by atoms with Gasteiger partial charge >= 0.3 is 0 Å². The first kappa shape index (κ1) is 36.2. The molecule has 1 N–H and O–H groups in total. The molecule has 0 amide bonds. The lowest BCUT2D eigenvalue weighted by molar-refractivity contribution is 0.0981. The zero-order chi connectivity index (χ0) is 37.3. The molecule has 7 nitrogen and oxygen atoms in total. The largest absolute Gasteiger partial charge is 0.508 e. The summed E-state index contributed by atoms with van der Waals surface area (Å²) in [5, 5.41) is 10.5. The van der Waals surface area contributed by atoms with Crippen LogP contribution in [0.3, 0.4) is 0 Å². The molecule has 6 aromatic carbocycles. The van der Waals surface area contributed by atoms with Crippen LogP contribution in [0.15, 0.2) is 140 Å². The van der Waals surface area contributed by atoms with E-state index in [-0.39, 0.29) is 48.1 Å². The smallest absolute Gasteiger partial charge is 0.167 e. The summed E-state index contributed by atoms with van der Waals surface area (Å²) < 4.78 is 11.9. The number of phenols is 1. The zero-order valence-corrected chi connectivity index (χ0v) is 29.5. The number of hydrogen-bond donors (Lipinski definition) is 1. The van der Waals surface area contributed by atoms with Crippen LogP contribution < -0.4 is 9.47 Å². The molecule has 0 aromatic heterocycles. The summed E-state index contributed by atoms with van der Waals surface area (Å²) in [6.07, 6.45) is 1.03. The number of benzene rings is 6. The number of aromatic hydroxyl groups is 1. The van der Waals surface area contributed by atoms with Crippen molar-refractivity contribution in [1.82, 2.24) is 0 Å². The predicted octanol–water partition coefficient (Wildman–Crippen LogP) is 10.0. The molecule has 0 unspecified atom stereocenters. The quantitative estimate of drug-likeness (QED) is 0.106. The van der Waals surface area contributed by atoms with Crippen LogP contribution in [0.1, 0.15) is 77.5 Å². The summed E-state index contributed by atoms with van der Waals surface area (Å²) in [5.74, 6) is 1.93. The van der Waals surface area contributed by atoms with Crippen molar-refractivity contribution in [1.29, 1.82) is 0 Å². The molecule has 7 heteroatoms. The van der Waals surface area contributed by atoms with Crippen LogP contribution in [0.2, 0.25) is 0 Å². The first-order valence-electron chi connectivity index (χ1n) is 17.4. The fourth-order valence-corrected chi connectivity index (χ4v) is 5.83. The molecule has 0 aliphatic carbocycles. The first-order chi connectivity index (χ1) is 25.6. The Hall–Kier alpha value is -6.60. The Morgan fingerprint density at radius 3 is 1.36 bits per heavy atom. The lowest BCUT2D eigenvalue weighted by atomic mass is 9.95. The molecule has 0 radical (unpaired) electrons. The Morgan fingerprint density at radius 1 is 0.472 bits per heavy atom. The normalized spacial score (nSPS) is 10.8. The second-order valence-corrected chi connectivity index (χ2v) is 12.8. The second kappa shape index (κ2) is 16.6. The third kappa shape index (κ3) is 9.60. The fraction of sp³-hybridized carbons (Fsp3) is 0.130. The van der Waals surface area contributed by atoms with Crippen LogP contribution in [0.25, 0.3) is 0 Å². The summed E-state index contributed by atoms with van der Waals surface area (Å²) in [6.45, 7) is 3.56. The molecule has 0 atom stereocenters. The van der Waals surface area contributed by atoms with Gasteiger partial charge in [-0.2, -0.15) is 0 Å². The van der Waals surface area contributed by atoms with Crippen LogP contribution in [0, 0.1) is 0 Å². The van der Waals surface area contributed by atoms with Gasteiger partial charge in [0.05, 0.1) is 0 Å². The van der Waals surface area contributed by atoms with Crippen molar-refractivity contribution in [2.24, 2.45) is 0 Å². The third-order valence-electron chi connectivity index (χ3n) is 8.87. The minimum Gasteiger partial charge on any atom is -0.508 e. The van der Waals surface area contributed by atoms with E-state index >= 15 is 0 Å². The van der Waals surface area contributed by atoms with Gasteiger partial charge in [-0.25, -0.2) is 0 Å². The molecule has 264 valence electrons. The van der Waals surface area contributed by atoms with Crippen LogP contribution in [0.4, 0.5) is 0 Å². The minimum atomic E-state index is -0.278. The number of ether oxygens (including phenoxy) is 2. The number of phenolic OH excluding ortho intramolecular Hbond substituents is 1. The molecular weight excluding hydrogens is 664 g/mol. The monoisotopic (exact) mass is 702 g/mol. The SMILES string of the molecule is CCc1ccc(Oc2ccc(Oc3ccc(CC(=O)c4cccc(C(=O)Cc5cc(CC(=O)c6cccc(C(C)=O)c6)ccc5O)c4)cc3)cc2)cc1. The van der Waals surface area contributed by atoms with E-state index in [9.17, 15) is 24.3 Å². The number of hydrogen-bond acceptors (Lipinski definition) is 7. The van der Waals surface area contributed by atoms with E-state index in [1.807, 2.05) is 60.7 Å². The summed E-state index contributed by atoms with van der Waals surface area (Å²) >= 11 is 0. The average molecular weight is 703 g/mol. The van der Waals surface area contributed by atoms with E-state index < -0.39 is 0 Å². The van der Waals surface area contributed by atoms with E-state index in [1.54, 1.807) is 72.8 Å². The summed E-state index contributed by atoms with van der Waals surface area (Å²) in [6, 6.07) is 40.5. The molecule has 0 heterocycles. The Labute approximate surface area is 308 Å². The molecule has 0 aliphatic rings. The average Bonchev–Trinajstić information content (AvgIpc) is 3.18. The van der Waals surface area contributed by atoms with Crippen LogP contribution in [-0.4, -0.2) is 28.2 Å². The van der Waals surface area contributed by atoms with E-state index in [1.165, 1.54) is 18.6 Å². The van der Waals surface area contributed by atoms with Gasteiger partial charge in [-0.1, -0.05) is 79.7 Å². The van der Waals surface area contributed by atoms with Gasteiger partial charge in [0, 0.05) is 47.1 Å². The molecule has 0 saturated heterocycles. The van der Waals surface area contributed by atoms with E-state index in [0.29, 0.717) is 50.6 Å². The molecular formula is C46H38O7. The highest BCUT2D eigenvalue weighted by molar-refractivity contribution is 6.03. The zero-order valence-electron chi connectivity index (χ0n) is 29.5. The van der Waals surface area contributed by atoms with Crippen molar-refractivity contribution in [3.63, 3.8) is 0 Å². The predicted molar refractivity (Wildman–Crippen MR) is 204 cm³/mol. The second-order valence-electron chi connectivity index (χ2n) is 12.8. The number of carbonyl (C=O) groups is 4. The van der Waals surface area contributed by atoms with Crippen LogP contribution in [-0.2, 0) is 25.7 Å². The maximum absolute atomic E-state index is 13.3. The van der Waals surface area contributed by atoms with Crippen molar-refractivity contribution < 1.29 is 33.8 Å². The van der Waals surface area contributed by atoms with Crippen molar-refractivity contribution in [3.8, 4) is 28.7 Å². The summed E-state index contributed by atoms with van der Waals surface area (Å²) in [7, 11) is 0. The van der Waals surface area contributed by atoms with E-state index in [0.717, 1.165) is 17.7 Å². The maximum atomic E-state index is 13.3. The first-order valence-corrected chi connectivity index (χ1v) is 17.4. The minimum absolute atomic E-state index is 0.0392. The van der Waals surface area contributed by atoms with Gasteiger partial charge in [0.25, 0.3) is 0 Å². The molecule has 6 rings (SSSR count). The van der Waals surface area contributed by atoms with Gasteiger partial charge in [-0.3, -0.25) is 19.2 Å². The van der Waals surface area contributed by atoms with E-state index in [4.69, 9.17) is 9.47 Å². The summed E-state index contributed by atoms with van der Waals surface area (Å²) in [4.78, 5) is 51.3. The Morgan fingerprint density at radius 2 is 0.868 bits per heavy atom. The van der Waals surface area contributed by atoms with Gasteiger partial charge in [-0.15, -0.1) is 0 Å². The van der Waals surface area contributed by atoms with Gasteiger partial charge in [0.15, 0.2) is 23.1 Å². The number of carbonyl (C=O) groups excluding carboxylic acids is 4. The molecule has 0 aliphatic heterocycles. The number of aryl methyl sites for hydroxylation is 1. The topological polar surface area (TPSA) is 107 Å². The highest BCUT2D eigenvalue weighted by atomic mass is 16.5. The molecule has 6 aromatic rings. The number of rotatable bonds is 15. The van der Waals surface area contributed by atoms with Crippen molar-refractivity contribution in [2.45, 2.75) is 39.5 Å². The fourth-order valence-electron chi connectivity index (χ4n) is 5.83. The van der Waals surface area contributed by atoms with Crippen molar-refractivity contribution in [2.75, 3.05) is 0 Å². The third-order valence-corrected chi connectivity index (χ3v) is 8.87. The molecule has 0 spiro atoms. The Balaban J connectivity index is 1.04. The maximum Gasteiger partial charge on any atom is 0.167 e. The van der Waals surface area contributed by atoms with Gasteiger partial charge in [0.1, 0.15) is 28.7 Å². The number of ketones is 4. The highest BCUT2D eigenvalue weighted by Gasteiger charge is 2.16. The van der Waals surface area contributed by atoms with Gasteiger partial charge in [-0.05, 0) is 96.8 Å². The standard InChI is InChI=1S/C46H38O7/c1-3-31-10-15-39(16-11-31)52-41-19-21-42(22-20-41)53-40-17-12-32(13-18-40)25-44(49)36-8-5-9-37(28-36)46(51)29-38-24-33(14-23-43(38)48)26-45(50)35-7-4-6-34(27-35)30(2)47/h4-24,27-28,48H,3,25-26,29H2,1-2H3. The highest BCUT2D eigenvalue weighted by Crippen LogP contribution is 2.28. The molecule has 0 bridgehead atoms. The van der Waals surface area contributed by atoms with Crippen LogP contribution >= 0.6 is 0 Å². The van der Waals surface area contributed by atoms with Crippen LogP contribution in [0.5, 0.6) is 28.7 Å². The Bertz CT molecular complexity index is 2270. The molecule has 0 fully saturated rings. The van der Waals surface area contributed by atoms with Gasteiger partial charge in [0.2, 0.25) is 0 Å². The van der Waals surface area contributed by atoms with Crippen molar-refractivity contribution in [3.05, 3.63) is 184 Å².